The molecule has 0 amide bonds. The SMILES string of the molecule is Cc1ccc2c(c1)CS(=O)(=O)c1cc(C)ccc1-2. The monoisotopic (exact) mass is 258 g/mol. The molecule has 1 aliphatic heterocycles. The van der Waals surface area contributed by atoms with Crippen molar-refractivity contribution in [3.63, 3.8) is 0 Å². The normalized spacial score (nSPS) is 15.9. The van der Waals surface area contributed by atoms with Crippen LogP contribution >= 0.6 is 0 Å². The first-order valence-electron chi connectivity index (χ1n) is 5.91. The van der Waals surface area contributed by atoms with Crippen LogP contribution in [0.1, 0.15) is 16.7 Å². The molecule has 0 atom stereocenters. The van der Waals surface area contributed by atoms with E-state index in [1.54, 1.807) is 6.07 Å². The number of fused-ring (bicyclic) bond motifs is 3. The summed E-state index contributed by atoms with van der Waals surface area (Å²) in [6.45, 7) is 3.90. The molecule has 0 aromatic heterocycles. The van der Waals surface area contributed by atoms with Crippen LogP contribution in [-0.2, 0) is 15.6 Å². The van der Waals surface area contributed by atoms with Crippen LogP contribution < -0.4 is 0 Å². The van der Waals surface area contributed by atoms with Gasteiger partial charge in [-0.1, -0.05) is 35.9 Å². The van der Waals surface area contributed by atoms with E-state index in [9.17, 15) is 8.42 Å². The first kappa shape index (κ1) is 11.5. The fourth-order valence-corrected chi connectivity index (χ4v) is 4.18. The molecule has 0 spiro atoms. The van der Waals surface area contributed by atoms with Crippen molar-refractivity contribution in [1.82, 2.24) is 0 Å². The maximum atomic E-state index is 12.3. The lowest BCUT2D eigenvalue weighted by atomic mass is 9.97. The lowest BCUT2D eigenvalue weighted by molar-refractivity contribution is 0.594. The lowest BCUT2D eigenvalue weighted by Gasteiger charge is -2.20. The molecular formula is C15H14O2S. The van der Waals surface area contributed by atoms with Crippen LogP contribution in [0.5, 0.6) is 0 Å². The van der Waals surface area contributed by atoms with Gasteiger partial charge in [-0.3, -0.25) is 0 Å². The summed E-state index contributed by atoms with van der Waals surface area (Å²) < 4.78 is 24.6. The number of hydrogen-bond donors (Lipinski definition) is 0. The Morgan fingerprint density at radius 2 is 1.50 bits per heavy atom. The predicted octanol–water partition coefficient (Wildman–Crippen LogP) is 3.26. The van der Waals surface area contributed by atoms with E-state index in [1.807, 2.05) is 44.2 Å². The molecule has 18 heavy (non-hydrogen) atoms. The van der Waals surface area contributed by atoms with Gasteiger partial charge in [0.25, 0.3) is 0 Å². The first-order valence-corrected chi connectivity index (χ1v) is 7.56. The summed E-state index contributed by atoms with van der Waals surface area (Å²) >= 11 is 0. The number of sulfone groups is 1. The Balaban J connectivity index is 2.39. The summed E-state index contributed by atoms with van der Waals surface area (Å²) in [4.78, 5) is 0.471. The van der Waals surface area contributed by atoms with Gasteiger partial charge in [0.1, 0.15) is 0 Å². The van der Waals surface area contributed by atoms with E-state index in [4.69, 9.17) is 0 Å². The summed E-state index contributed by atoms with van der Waals surface area (Å²) in [6, 6.07) is 11.7. The molecule has 0 unspecified atom stereocenters. The van der Waals surface area contributed by atoms with Gasteiger partial charge in [0.2, 0.25) is 0 Å². The van der Waals surface area contributed by atoms with Crippen molar-refractivity contribution in [2.24, 2.45) is 0 Å². The van der Waals surface area contributed by atoms with Gasteiger partial charge in [-0.15, -0.1) is 0 Å². The van der Waals surface area contributed by atoms with E-state index in [2.05, 4.69) is 0 Å². The summed E-state index contributed by atoms with van der Waals surface area (Å²) in [6.07, 6.45) is 0. The van der Waals surface area contributed by atoms with Crippen LogP contribution in [0, 0.1) is 13.8 Å². The molecule has 3 heteroatoms. The molecule has 1 heterocycles. The van der Waals surface area contributed by atoms with Gasteiger partial charge >= 0.3 is 0 Å². The van der Waals surface area contributed by atoms with Crippen molar-refractivity contribution in [3.05, 3.63) is 53.1 Å². The molecule has 0 bridgehead atoms. The Morgan fingerprint density at radius 3 is 2.22 bits per heavy atom. The van der Waals surface area contributed by atoms with E-state index in [0.29, 0.717) is 4.90 Å². The number of benzene rings is 2. The van der Waals surface area contributed by atoms with Crippen molar-refractivity contribution in [3.8, 4) is 11.1 Å². The Hall–Kier alpha value is -1.61. The fraction of sp³-hybridized carbons (Fsp3) is 0.200. The van der Waals surface area contributed by atoms with Crippen molar-refractivity contribution in [2.45, 2.75) is 24.5 Å². The Labute approximate surface area is 107 Å². The molecule has 2 nitrogen and oxygen atoms in total. The summed E-state index contributed by atoms with van der Waals surface area (Å²) in [5, 5.41) is 0. The minimum Gasteiger partial charge on any atom is -0.223 e. The highest BCUT2D eigenvalue weighted by Crippen LogP contribution is 2.38. The Kier molecular flexibility index (Phi) is 2.35. The topological polar surface area (TPSA) is 34.1 Å². The number of rotatable bonds is 0. The van der Waals surface area contributed by atoms with E-state index in [-0.39, 0.29) is 5.75 Å². The van der Waals surface area contributed by atoms with Crippen LogP contribution in [0.4, 0.5) is 0 Å². The third kappa shape index (κ3) is 1.66. The average molecular weight is 258 g/mol. The highest BCUT2D eigenvalue weighted by Gasteiger charge is 2.27. The fourth-order valence-electron chi connectivity index (χ4n) is 2.50. The van der Waals surface area contributed by atoms with Crippen LogP contribution in [0.25, 0.3) is 11.1 Å². The zero-order chi connectivity index (χ0) is 12.9. The van der Waals surface area contributed by atoms with Gasteiger partial charge in [0.05, 0.1) is 10.6 Å². The van der Waals surface area contributed by atoms with Crippen molar-refractivity contribution in [1.29, 1.82) is 0 Å². The van der Waals surface area contributed by atoms with Gasteiger partial charge in [0, 0.05) is 5.56 Å². The summed E-state index contributed by atoms with van der Waals surface area (Å²) in [5.74, 6) is 0.112. The van der Waals surface area contributed by atoms with Crippen molar-refractivity contribution in [2.75, 3.05) is 0 Å². The molecule has 0 aliphatic carbocycles. The van der Waals surface area contributed by atoms with E-state index < -0.39 is 9.84 Å². The van der Waals surface area contributed by atoms with Gasteiger partial charge in [-0.2, -0.15) is 0 Å². The second-order valence-electron chi connectivity index (χ2n) is 4.92. The standard InChI is InChI=1S/C15H14O2S/c1-10-3-5-13-12(7-10)9-18(16,17)15-8-11(2)4-6-14(13)15/h3-8H,9H2,1-2H3. The van der Waals surface area contributed by atoms with Crippen LogP contribution in [-0.4, -0.2) is 8.42 Å². The molecular weight excluding hydrogens is 244 g/mol. The maximum absolute atomic E-state index is 12.3. The summed E-state index contributed by atoms with van der Waals surface area (Å²) in [5.41, 5.74) is 4.87. The third-order valence-corrected chi connectivity index (χ3v) is 5.07. The zero-order valence-corrected chi connectivity index (χ0v) is 11.2. The minimum atomic E-state index is -3.19. The molecule has 2 aromatic carbocycles. The Morgan fingerprint density at radius 1 is 0.889 bits per heavy atom. The molecule has 2 aromatic rings. The van der Waals surface area contributed by atoms with Crippen molar-refractivity contribution < 1.29 is 8.42 Å². The molecule has 0 saturated carbocycles. The molecule has 1 aliphatic rings. The van der Waals surface area contributed by atoms with Gasteiger partial charge in [-0.25, -0.2) is 8.42 Å². The minimum absolute atomic E-state index is 0.112. The van der Waals surface area contributed by atoms with Gasteiger partial charge < -0.3 is 0 Å². The third-order valence-electron chi connectivity index (χ3n) is 3.37. The molecule has 3 rings (SSSR count). The van der Waals surface area contributed by atoms with E-state index in [0.717, 1.165) is 27.8 Å². The second kappa shape index (κ2) is 3.69. The quantitative estimate of drug-likeness (QED) is 0.727. The van der Waals surface area contributed by atoms with E-state index in [1.165, 1.54) is 0 Å². The smallest absolute Gasteiger partial charge is 0.183 e. The molecule has 0 N–H and O–H groups in total. The molecule has 0 saturated heterocycles. The van der Waals surface area contributed by atoms with Gasteiger partial charge in [0.15, 0.2) is 9.84 Å². The zero-order valence-electron chi connectivity index (χ0n) is 10.4. The van der Waals surface area contributed by atoms with Crippen LogP contribution in [0.2, 0.25) is 0 Å². The van der Waals surface area contributed by atoms with Gasteiger partial charge in [-0.05, 0) is 36.6 Å². The molecule has 0 fully saturated rings. The van der Waals surface area contributed by atoms with Crippen LogP contribution in [0.3, 0.4) is 0 Å². The highest BCUT2D eigenvalue weighted by atomic mass is 32.2. The Bertz CT molecular complexity index is 743. The molecule has 0 radical (unpaired) electrons. The maximum Gasteiger partial charge on any atom is 0.183 e. The van der Waals surface area contributed by atoms with E-state index >= 15 is 0 Å². The predicted molar refractivity (Wildman–Crippen MR) is 72.2 cm³/mol. The first-order chi connectivity index (χ1) is 8.47. The largest absolute Gasteiger partial charge is 0.223 e. The average Bonchev–Trinajstić information content (AvgIpc) is 2.28. The number of aryl methyl sites for hydroxylation is 2. The summed E-state index contributed by atoms with van der Waals surface area (Å²) in [7, 11) is -3.19. The highest BCUT2D eigenvalue weighted by molar-refractivity contribution is 7.90. The van der Waals surface area contributed by atoms with Crippen molar-refractivity contribution >= 4 is 9.84 Å². The number of hydrogen-bond acceptors (Lipinski definition) is 2. The molecule has 92 valence electrons. The second-order valence-corrected chi connectivity index (χ2v) is 6.88. The lowest BCUT2D eigenvalue weighted by Crippen LogP contribution is -2.13. The van der Waals surface area contributed by atoms with Crippen LogP contribution in [0.15, 0.2) is 41.3 Å².